The van der Waals surface area contributed by atoms with Gasteiger partial charge >= 0.3 is 0 Å². The molecule has 2 heteroatoms. The lowest BCUT2D eigenvalue weighted by Gasteiger charge is -2.10. The molecule has 9 heavy (non-hydrogen) atoms. The van der Waals surface area contributed by atoms with Crippen molar-refractivity contribution in [2.45, 2.75) is 12.6 Å². The average molecular weight is 127 g/mol. The molecule has 0 amide bonds. The Morgan fingerprint density at radius 1 is 1.78 bits per heavy atom. The smallest absolute Gasteiger partial charge is 0.126 e. The van der Waals surface area contributed by atoms with Gasteiger partial charge in [-0.2, -0.15) is 0 Å². The van der Waals surface area contributed by atoms with Crippen LogP contribution >= 0.6 is 0 Å². The van der Waals surface area contributed by atoms with Crippen molar-refractivity contribution < 1.29 is 4.39 Å². The topological polar surface area (TPSA) is 26.0 Å². The van der Waals surface area contributed by atoms with Crippen LogP contribution in [0.3, 0.4) is 0 Å². The average Bonchev–Trinajstić information content (AvgIpc) is 1.89. The molecule has 2 N–H and O–H groups in total. The molecule has 0 fully saturated rings. The summed E-state index contributed by atoms with van der Waals surface area (Å²) in [6, 6.07) is 0. The molecule has 0 radical (unpaired) electrons. The van der Waals surface area contributed by atoms with Gasteiger partial charge in [0.15, 0.2) is 0 Å². The second-order valence-electron chi connectivity index (χ2n) is 2.08. The van der Waals surface area contributed by atoms with E-state index in [0.29, 0.717) is 18.5 Å². The van der Waals surface area contributed by atoms with E-state index in [1.165, 1.54) is 0 Å². The van der Waals surface area contributed by atoms with Crippen LogP contribution in [0.4, 0.5) is 4.39 Å². The zero-order valence-corrected chi connectivity index (χ0v) is 5.18. The highest BCUT2D eigenvalue weighted by molar-refractivity contribution is 5.22. The Bertz CT molecular complexity index is 149. The maximum atomic E-state index is 12.6. The molecule has 1 nitrogen and oxygen atoms in total. The Kier molecular flexibility index (Phi) is 2.01. The fourth-order valence-corrected chi connectivity index (χ4v) is 0.841. The van der Waals surface area contributed by atoms with E-state index in [1.807, 2.05) is 12.2 Å². The molecule has 1 atom stereocenters. The predicted molar refractivity (Wildman–Crippen MR) is 35.8 cm³/mol. The van der Waals surface area contributed by atoms with Crippen molar-refractivity contribution in [3.63, 3.8) is 0 Å². The van der Waals surface area contributed by atoms with Gasteiger partial charge in [-0.25, -0.2) is 4.39 Å². The third-order valence-electron chi connectivity index (χ3n) is 1.43. The van der Waals surface area contributed by atoms with Crippen LogP contribution in [0.2, 0.25) is 0 Å². The first-order valence-corrected chi connectivity index (χ1v) is 3.04. The summed E-state index contributed by atoms with van der Waals surface area (Å²) in [4.78, 5) is 0. The summed E-state index contributed by atoms with van der Waals surface area (Å²) in [6.45, 7) is 0.339. The molecular weight excluding hydrogens is 117 g/mol. The summed E-state index contributed by atoms with van der Waals surface area (Å²) in [5.41, 5.74) is 5.96. The van der Waals surface area contributed by atoms with E-state index in [-0.39, 0.29) is 0 Å². The summed E-state index contributed by atoms with van der Waals surface area (Å²) in [6.07, 6.45) is 5.05. The van der Waals surface area contributed by atoms with Crippen molar-refractivity contribution in [1.29, 1.82) is 0 Å². The van der Waals surface area contributed by atoms with Crippen LogP contribution in [0.25, 0.3) is 0 Å². The van der Waals surface area contributed by atoms with E-state index in [4.69, 9.17) is 5.73 Å². The standard InChI is InChI=1S/C7H10FN/c8-7-4-2-1-3-6(7)5-9/h1-3,7H,4-5,9H2. The maximum absolute atomic E-state index is 12.6. The number of hydrogen-bond donors (Lipinski definition) is 1. The maximum Gasteiger partial charge on any atom is 0.126 e. The molecule has 1 rings (SSSR count). The number of nitrogens with two attached hydrogens (primary N) is 1. The number of rotatable bonds is 1. The van der Waals surface area contributed by atoms with Crippen molar-refractivity contribution in [3.05, 3.63) is 23.8 Å². The van der Waals surface area contributed by atoms with Gasteiger partial charge in [-0.15, -0.1) is 0 Å². The van der Waals surface area contributed by atoms with Crippen LogP contribution in [-0.4, -0.2) is 12.7 Å². The monoisotopic (exact) mass is 127 g/mol. The molecule has 0 aromatic rings. The molecule has 0 aromatic carbocycles. The van der Waals surface area contributed by atoms with Gasteiger partial charge in [-0.1, -0.05) is 18.2 Å². The van der Waals surface area contributed by atoms with Gasteiger partial charge in [-0.3, -0.25) is 0 Å². The van der Waals surface area contributed by atoms with Crippen molar-refractivity contribution in [3.8, 4) is 0 Å². The first kappa shape index (κ1) is 6.49. The van der Waals surface area contributed by atoms with Crippen LogP contribution in [0, 0.1) is 0 Å². The molecule has 1 unspecified atom stereocenters. The van der Waals surface area contributed by atoms with Crippen LogP contribution in [0.5, 0.6) is 0 Å². The minimum absolute atomic E-state index is 0.339. The Hall–Kier alpha value is -0.630. The Morgan fingerprint density at radius 2 is 2.56 bits per heavy atom. The van der Waals surface area contributed by atoms with E-state index >= 15 is 0 Å². The van der Waals surface area contributed by atoms with Crippen molar-refractivity contribution >= 4 is 0 Å². The van der Waals surface area contributed by atoms with E-state index in [2.05, 4.69) is 0 Å². The van der Waals surface area contributed by atoms with Gasteiger partial charge in [0.1, 0.15) is 6.17 Å². The third kappa shape index (κ3) is 1.39. The zero-order chi connectivity index (χ0) is 6.69. The molecule has 0 aliphatic heterocycles. The number of halogens is 1. The molecule has 0 bridgehead atoms. The summed E-state index contributed by atoms with van der Waals surface area (Å²) in [5, 5.41) is 0. The Morgan fingerprint density at radius 3 is 3.00 bits per heavy atom. The lowest BCUT2D eigenvalue weighted by molar-refractivity contribution is 0.379. The SMILES string of the molecule is NCC1=CC=CCC1F. The van der Waals surface area contributed by atoms with E-state index < -0.39 is 6.17 Å². The van der Waals surface area contributed by atoms with E-state index in [9.17, 15) is 4.39 Å². The summed E-state index contributed by atoms with van der Waals surface area (Å²) in [5.74, 6) is 0. The Labute approximate surface area is 54.0 Å². The van der Waals surface area contributed by atoms with Gasteiger partial charge in [0.25, 0.3) is 0 Å². The molecule has 0 spiro atoms. The summed E-state index contributed by atoms with van der Waals surface area (Å²) < 4.78 is 12.6. The summed E-state index contributed by atoms with van der Waals surface area (Å²) in [7, 11) is 0. The lowest BCUT2D eigenvalue weighted by atomic mass is 10.0. The molecule has 1 aliphatic rings. The number of allylic oxidation sites excluding steroid dienone is 3. The minimum atomic E-state index is -0.833. The second-order valence-corrected chi connectivity index (χ2v) is 2.08. The quantitative estimate of drug-likeness (QED) is 0.562. The van der Waals surface area contributed by atoms with Crippen LogP contribution < -0.4 is 5.73 Å². The Balaban J connectivity index is 2.63. The highest BCUT2D eigenvalue weighted by Gasteiger charge is 2.10. The zero-order valence-electron chi connectivity index (χ0n) is 5.18. The van der Waals surface area contributed by atoms with Crippen molar-refractivity contribution in [2.24, 2.45) is 5.73 Å². The van der Waals surface area contributed by atoms with Crippen LogP contribution in [-0.2, 0) is 0 Å². The molecule has 0 heterocycles. The van der Waals surface area contributed by atoms with Crippen molar-refractivity contribution in [2.75, 3.05) is 6.54 Å². The van der Waals surface area contributed by atoms with Gasteiger partial charge in [0.2, 0.25) is 0 Å². The van der Waals surface area contributed by atoms with E-state index in [0.717, 1.165) is 0 Å². The number of alkyl halides is 1. The largest absolute Gasteiger partial charge is 0.327 e. The third-order valence-corrected chi connectivity index (χ3v) is 1.43. The first-order valence-electron chi connectivity index (χ1n) is 3.04. The van der Waals surface area contributed by atoms with Gasteiger partial charge in [-0.05, 0) is 5.57 Å². The van der Waals surface area contributed by atoms with Gasteiger partial charge in [0, 0.05) is 13.0 Å². The molecular formula is C7H10FN. The first-order chi connectivity index (χ1) is 4.34. The normalized spacial score (nSPS) is 26.0. The van der Waals surface area contributed by atoms with Gasteiger partial charge in [0.05, 0.1) is 0 Å². The molecule has 0 aromatic heterocycles. The summed E-state index contributed by atoms with van der Waals surface area (Å²) >= 11 is 0. The molecule has 1 aliphatic carbocycles. The minimum Gasteiger partial charge on any atom is -0.327 e. The molecule has 0 saturated heterocycles. The molecule has 50 valence electrons. The fraction of sp³-hybridized carbons (Fsp3) is 0.429. The van der Waals surface area contributed by atoms with E-state index in [1.54, 1.807) is 6.08 Å². The highest BCUT2D eigenvalue weighted by atomic mass is 19.1. The van der Waals surface area contributed by atoms with Crippen LogP contribution in [0.1, 0.15) is 6.42 Å². The highest BCUT2D eigenvalue weighted by Crippen LogP contribution is 2.14. The second kappa shape index (κ2) is 2.78. The molecule has 0 saturated carbocycles. The van der Waals surface area contributed by atoms with Crippen LogP contribution in [0.15, 0.2) is 23.8 Å². The van der Waals surface area contributed by atoms with Crippen molar-refractivity contribution in [1.82, 2.24) is 0 Å². The fourth-order valence-electron chi connectivity index (χ4n) is 0.841. The predicted octanol–water partition coefficient (Wildman–Crippen LogP) is 1.17. The lowest BCUT2D eigenvalue weighted by Crippen LogP contribution is -2.14. The number of hydrogen-bond acceptors (Lipinski definition) is 1. The van der Waals surface area contributed by atoms with Gasteiger partial charge < -0.3 is 5.73 Å².